The summed E-state index contributed by atoms with van der Waals surface area (Å²) in [5.74, 6) is 0.0594. The maximum Gasteiger partial charge on any atom is 0.235 e. The van der Waals surface area contributed by atoms with Crippen molar-refractivity contribution in [3.8, 4) is 0 Å². The molecule has 3 N–H and O–H groups in total. The zero-order valence-corrected chi connectivity index (χ0v) is 15.7. The maximum absolute atomic E-state index is 12.7. The van der Waals surface area contributed by atoms with Gasteiger partial charge in [-0.15, -0.1) is 0 Å². The van der Waals surface area contributed by atoms with Crippen molar-refractivity contribution in [3.05, 3.63) is 59.8 Å². The highest BCUT2D eigenvalue weighted by molar-refractivity contribution is 6.07. The van der Waals surface area contributed by atoms with E-state index in [2.05, 4.69) is 15.6 Å². The highest BCUT2D eigenvalue weighted by Gasteiger charge is 2.47. The van der Waals surface area contributed by atoms with Crippen LogP contribution in [0.15, 0.2) is 48.7 Å². The summed E-state index contributed by atoms with van der Waals surface area (Å²) < 4.78 is 0. The van der Waals surface area contributed by atoms with Crippen molar-refractivity contribution in [1.82, 2.24) is 4.98 Å². The SMILES string of the molecule is O=C(Cc1c[nH]c2ccccc12)Nc1ccc2c(c1)C1(CCCCC1)C(=O)N2. The van der Waals surface area contributed by atoms with Gasteiger partial charge in [0, 0.05) is 28.5 Å². The van der Waals surface area contributed by atoms with Crippen molar-refractivity contribution >= 4 is 34.1 Å². The predicted molar refractivity (Wildman–Crippen MR) is 110 cm³/mol. The Labute approximate surface area is 163 Å². The second-order valence-electron chi connectivity index (χ2n) is 7.94. The van der Waals surface area contributed by atoms with Gasteiger partial charge in [0.25, 0.3) is 0 Å². The molecule has 5 rings (SSSR count). The molecule has 1 saturated carbocycles. The van der Waals surface area contributed by atoms with E-state index in [-0.39, 0.29) is 11.8 Å². The predicted octanol–water partition coefficient (Wildman–Crippen LogP) is 4.50. The van der Waals surface area contributed by atoms with Crippen molar-refractivity contribution in [2.75, 3.05) is 10.6 Å². The molecule has 3 aromatic rings. The first-order valence-corrected chi connectivity index (χ1v) is 9.97. The van der Waals surface area contributed by atoms with Crippen LogP contribution < -0.4 is 10.6 Å². The van der Waals surface area contributed by atoms with Crippen molar-refractivity contribution in [3.63, 3.8) is 0 Å². The van der Waals surface area contributed by atoms with Gasteiger partial charge in [-0.3, -0.25) is 9.59 Å². The molecule has 0 radical (unpaired) electrons. The summed E-state index contributed by atoms with van der Waals surface area (Å²) in [6, 6.07) is 13.8. The lowest BCUT2D eigenvalue weighted by molar-refractivity contribution is -0.122. The molecule has 2 amide bonds. The monoisotopic (exact) mass is 373 g/mol. The molecule has 1 aliphatic heterocycles. The third-order valence-electron chi connectivity index (χ3n) is 6.23. The van der Waals surface area contributed by atoms with E-state index in [4.69, 9.17) is 0 Å². The standard InChI is InChI=1S/C23H23N3O2/c27-21(12-15-14-24-19-7-3-2-6-17(15)19)25-16-8-9-20-18(13-16)23(22(28)26-20)10-4-1-5-11-23/h2-3,6-9,13-14,24H,1,4-5,10-12H2,(H,25,27)(H,26,28). The first kappa shape index (κ1) is 17.0. The normalized spacial score (nSPS) is 17.5. The second kappa shape index (κ2) is 6.51. The minimum absolute atomic E-state index is 0.0559. The van der Waals surface area contributed by atoms with Gasteiger partial charge in [-0.1, -0.05) is 37.5 Å². The van der Waals surface area contributed by atoms with E-state index >= 15 is 0 Å². The number of nitrogens with one attached hydrogen (secondary N) is 3. The average Bonchev–Trinajstić information content (AvgIpc) is 3.23. The summed E-state index contributed by atoms with van der Waals surface area (Å²) in [6.07, 6.45) is 7.31. The Kier molecular flexibility index (Phi) is 3.97. The summed E-state index contributed by atoms with van der Waals surface area (Å²) in [5.41, 5.74) is 4.29. The Morgan fingerprint density at radius 2 is 1.89 bits per heavy atom. The van der Waals surface area contributed by atoms with Crippen LogP contribution in [0.2, 0.25) is 0 Å². The molecular formula is C23H23N3O2. The van der Waals surface area contributed by atoms with Gasteiger partial charge >= 0.3 is 0 Å². The summed E-state index contributed by atoms with van der Waals surface area (Å²) >= 11 is 0. The molecule has 5 nitrogen and oxygen atoms in total. The number of amides is 2. The molecule has 1 aliphatic carbocycles. The number of H-pyrrole nitrogens is 1. The molecule has 2 heterocycles. The van der Waals surface area contributed by atoms with Crippen LogP contribution in [0.1, 0.15) is 43.2 Å². The number of hydrogen-bond donors (Lipinski definition) is 3. The van der Waals surface area contributed by atoms with Gasteiger partial charge in [0.2, 0.25) is 11.8 Å². The van der Waals surface area contributed by atoms with Gasteiger partial charge in [0.15, 0.2) is 0 Å². The van der Waals surface area contributed by atoms with Crippen LogP contribution in [0.3, 0.4) is 0 Å². The molecule has 1 spiro atoms. The smallest absolute Gasteiger partial charge is 0.235 e. The minimum Gasteiger partial charge on any atom is -0.361 e. The van der Waals surface area contributed by atoms with Crippen molar-refractivity contribution in [2.24, 2.45) is 0 Å². The second-order valence-corrected chi connectivity index (χ2v) is 7.94. The fraction of sp³-hybridized carbons (Fsp3) is 0.304. The Hall–Kier alpha value is -3.08. The third kappa shape index (κ3) is 2.70. The van der Waals surface area contributed by atoms with Crippen LogP contribution >= 0.6 is 0 Å². The Morgan fingerprint density at radius 3 is 2.75 bits per heavy atom. The van der Waals surface area contributed by atoms with Crippen LogP contribution in [0, 0.1) is 0 Å². The van der Waals surface area contributed by atoms with Crippen LogP contribution in [0.5, 0.6) is 0 Å². The van der Waals surface area contributed by atoms with Gasteiger partial charge < -0.3 is 15.6 Å². The molecule has 1 aromatic heterocycles. The topological polar surface area (TPSA) is 74.0 Å². The summed E-state index contributed by atoms with van der Waals surface area (Å²) in [6.45, 7) is 0. The van der Waals surface area contributed by atoms with E-state index < -0.39 is 5.41 Å². The summed E-state index contributed by atoms with van der Waals surface area (Å²) in [5, 5.41) is 7.13. The van der Waals surface area contributed by atoms with E-state index in [0.29, 0.717) is 6.42 Å². The molecule has 5 heteroatoms. The lowest BCUT2D eigenvalue weighted by Crippen LogP contribution is -2.36. The number of aromatic nitrogens is 1. The molecule has 0 saturated heterocycles. The zero-order chi connectivity index (χ0) is 19.1. The molecule has 0 unspecified atom stereocenters. The Morgan fingerprint density at radius 1 is 1.07 bits per heavy atom. The number of carbonyl (C=O) groups is 2. The lowest BCUT2D eigenvalue weighted by Gasteiger charge is -2.31. The van der Waals surface area contributed by atoms with Crippen molar-refractivity contribution < 1.29 is 9.59 Å². The zero-order valence-electron chi connectivity index (χ0n) is 15.7. The van der Waals surface area contributed by atoms with E-state index in [1.165, 1.54) is 6.42 Å². The largest absolute Gasteiger partial charge is 0.361 e. The first-order valence-electron chi connectivity index (χ1n) is 9.97. The van der Waals surface area contributed by atoms with Gasteiger partial charge in [0.05, 0.1) is 11.8 Å². The minimum atomic E-state index is -0.412. The molecule has 2 aromatic carbocycles. The fourth-order valence-electron chi connectivity index (χ4n) is 4.80. The molecule has 1 fully saturated rings. The van der Waals surface area contributed by atoms with Crippen LogP contribution in [0.4, 0.5) is 11.4 Å². The number of para-hydroxylation sites is 1. The Balaban J connectivity index is 1.38. The molecule has 0 atom stereocenters. The first-order chi connectivity index (χ1) is 13.7. The maximum atomic E-state index is 12.7. The number of benzene rings is 2. The lowest BCUT2D eigenvalue weighted by atomic mass is 9.70. The summed E-state index contributed by atoms with van der Waals surface area (Å²) in [4.78, 5) is 28.5. The van der Waals surface area contributed by atoms with Crippen LogP contribution in [-0.4, -0.2) is 16.8 Å². The number of anilines is 2. The molecular weight excluding hydrogens is 350 g/mol. The van der Waals surface area contributed by atoms with E-state index in [1.54, 1.807) is 0 Å². The van der Waals surface area contributed by atoms with Crippen molar-refractivity contribution in [2.45, 2.75) is 43.9 Å². The average molecular weight is 373 g/mol. The number of carbonyl (C=O) groups excluding carboxylic acids is 2. The van der Waals surface area contributed by atoms with E-state index in [1.807, 2.05) is 48.7 Å². The molecule has 142 valence electrons. The summed E-state index contributed by atoms with van der Waals surface area (Å²) in [7, 11) is 0. The highest BCUT2D eigenvalue weighted by atomic mass is 16.2. The fourth-order valence-corrected chi connectivity index (χ4v) is 4.80. The Bertz CT molecular complexity index is 1080. The number of aromatic amines is 1. The van der Waals surface area contributed by atoms with Crippen molar-refractivity contribution in [1.29, 1.82) is 0 Å². The quantitative estimate of drug-likeness (QED) is 0.632. The van der Waals surface area contributed by atoms with Crippen LogP contribution in [-0.2, 0) is 21.4 Å². The third-order valence-corrected chi connectivity index (χ3v) is 6.23. The molecule has 2 aliphatic rings. The van der Waals surface area contributed by atoms with Crippen LogP contribution in [0.25, 0.3) is 10.9 Å². The number of hydrogen-bond acceptors (Lipinski definition) is 2. The van der Waals surface area contributed by atoms with E-state index in [9.17, 15) is 9.59 Å². The van der Waals surface area contributed by atoms with Gasteiger partial charge in [-0.2, -0.15) is 0 Å². The highest BCUT2D eigenvalue weighted by Crippen LogP contribution is 2.48. The number of rotatable bonds is 3. The number of fused-ring (bicyclic) bond motifs is 3. The van der Waals surface area contributed by atoms with Gasteiger partial charge in [-0.05, 0) is 48.2 Å². The molecule has 28 heavy (non-hydrogen) atoms. The van der Waals surface area contributed by atoms with Gasteiger partial charge in [-0.25, -0.2) is 0 Å². The van der Waals surface area contributed by atoms with E-state index in [0.717, 1.165) is 59.1 Å². The van der Waals surface area contributed by atoms with Gasteiger partial charge in [0.1, 0.15) is 0 Å². The molecule has 0 bridgehead atoms.